The Labute approximate surface area is 95.1 Å². The first-order valence-corrected chi connectivity index (χ1v) is 5.64. The third-order valence-electron chi connectivity index (χ3n) is 3.27. The smallest absolute Gasteiger partial charge is 0.326 e. The molecule has 1 saturated heterocycles. The Balaban J connectivity index is 2.80. The van der Waals surface area contributed by atoms with Gasteiger partial charge in [-0.2, -0.15) is 0 Å². The van der Waals surface area contributed by atoms with Crippen molar-refractivity contribution in [2.24, 2.45) is 11.8 Å². The van der Waals surface area contributed by atoms with E-state index in [1.165, 1.54) is 4.90 Å². The molecule has 0 aromatic carbocycles. The highest BCUT2D eigenvalue weighted by molar-refractivity contribution is 5.85. The van der Waals surface area contributed by atoms with Gasteiger partial charge in [-0.1, -0.05) is 20.3 Å². The van der Waals surface area contributed by atoms with E-state index in [-0.39, 0.29) is 30.8 Å². The lowest BCUT2D eigenvalue weighted by molar-refractivity contribution is -0.150. The molecule has 0 saturated carbocycles. The summed E-state index contributed by atoms with van der Waals surface area (Å²) >= 11 is 0. The average molecular weight is 229 g/mol. The summed E-state index contributed by atoms with van der Waals surface area (Å²) in [6.07, 6.45) is 0.973. The molecule has 0 aliphatic carbocycles. The van der Waals surface area contributed by atoms with Crippen LogP contribution in [0.3, 0.4) is 0 Å². The van der Waals surface area contributed by atoms with Crippen molar-refractivity contribution >= 4 is 11.9 Å². The van der Waals surface area contributed by atoms with Gasteiger partial charge in [-0.3, -0.25) is 4.79 Å². The fraction of sp³-hybridized carbons (Fsp3) is 0.818. The molecule has 1 unspecified atom stereocenters. The summed E-state index contributed by atoms with van der Waals surface area (Å²) in [7, 11) is 0. The largest absolute Gasteiger partial charge is 0.480 e. The van der Waals surface area contributed by atoms with Crippen LogP contribution >= 0.6 is 0 Å². The Hall–Kier alpha value is -1.10. The van der Waals surface area contributed by atoms with E-state index in [0.717, 1.165) is 0 Å². The number of carbonyl (C=O) groups is 2. The maximum atomic E-state index is 11.7. The van der Waals surface area contributed by atoms with E-state index < -0.39 is 12.0 Å². The molecule has 0 bridgehead atoms. The molecule has 92 valence electrons. The number of amides is 1. The van der Waals surface area contributed by atoms with Gasteiger partial charge in [-0.15, -0.1) is 0 Å². The van der Waals surface area contributed by atoms with Crippen LogP contribution in [0.25, 0.3) is 0 Å². The van der Waals surface area contributed by atoms with Crippen molar-refractivity contribution < 1.29 is 19.8 Å². The number of aliphatic hydroxyl groups excluding tert-OH is 1. The fourth-order valence-electron chi connectivity index (χ4n) is 2.11. The lowest BCUT2D eigenvalue weighted by Crippen LogP contribution is -2.46. The van der Waals surface area contributed by atoms with E-state index >= 15 is 0 Å². The van der Waals surface area contributed by atoms with Crippen LogP contribution in [0.2, 0.25) is 0 Å². The van der Waals surface area contributed by atoms with Gasteiger partial charge in [0, 0.05) is 25.5 Å². The van der Waals surface area contributed by atoms with Gasteiger partial charge in [-0.05, 0) is 5.92 Å². The molecule has 1 amide bonds. The standard InChI is InChI=1S/C11H19NO4/c1-3-7(2)10(11(15)16)12-5-8(6-13)4-9(12)14/h7-8,10,13H,3-6H2,1-2H3,(H,15,16)/t7-,8?,10+/m0/s1. The van der Waals surface area contributed by atoms with Gasteiger partial charge >= 0.3 is 5.97 Å². The maximum absolute atomic E-state index is 11.7. The molecule has 2 N–H and O–H groups in total. The minimum atomic E-state index is -0.957. The molecule has 5 nitrogen and oxygen atoms in total. The Bertz CT molecular complexity index is 279. The van der Waals surface area contributed by atoms with Crippen LogP contribution in [-0.2, 0) is 9.59 Å². The molecule has 5 heteroatoms. The molecule has 1 fully saturated rings. The molecule has 1 aliphatic heterocycles. The number of carboxylic acids is 1. The first-order valence-electron chi connectivity index (χ1n) is 5.64. The van der Waals surface area contributed by atoms with Crippen LogP contribution in [0.4, 0.5) is 0 Å². The van der Waals surface area contributed by atoms with E-state index in [0.29, 0.717) is 13.0 Å². The fourth-order valence-corrected chi connectivity index (χ4v) is 2.11. The highest BCUT2D eigenvalue weighted by atomic mass is 16.4. The number of aliphatic carboxylic acids is 1. The number of hydrogen-bond donors (Lipinski definition) is 2. The molecule has 0 spiro atoms. The molecular formula is C11H19NO4. The molecule has 16 heavy (non-hydrogen) atoms. The monoisotopic (exact) mass is 229 g/mol. The van der Waals surface area contributed by atoms with Crippen molar-refractivity contribution in [3.63, 3.8) is 0 Å². The molecule has 1 aliphatic rings. The van der Waals surface area contributed by atoms with Crippen molar-refractivity contribution in [2.45, 2.75) is 32.7 Å². The SMILES string of the molecule is CC[C@H](C)[C@H](C(=O)O)N1CC(CO)CC1=O. The van der Waals surface area contributed by atoms with Crippen molar-refractivity contribution in [1.82, 2.24) is 4.90 Å². The average Bonchev–Trinajstić information content (AvgIpc) is 2.59. The predicted octanol–water partition coefficient (Wildman–Crippen LogP) is 0.326. The van der Waals surface area contributed by atoms with Gasteiger partial charge in [0.2, 0.25) is 5.91 Å². The molecule has 0 aromatic rings. The van der Waals surface area contributed by atoms with Gasteiger partial charge in [0.15, 0.2) is 0 Å². The van der Waals surface area contributed by atoms with E-state index in [1.807, 2.05) is 13.8 Å². The highest BCUT2D eigenvalue weighted by Crippen LogP contribution is 2.24. The van der Waals surface area contributed by atoms with E-state index in [9.17, 15) is 9.59 Å². The summed E-state index contributed by atoms with van der Waals surface area (Å²) in [5.74, 6) is -1.30. The van der Waals surface area contributed by atoms with E-state index in [2.05, 4.69) is 0 Å². The van der Waals surface area contributed by atoms with Crippen LogP contribution < -0.4 is 0 Å². The quantitative estimate of drug-likeness (QED) is 0.712. The second-order valence-corrected chi connectivity index (χ2v) is 4.47. The number of likely N-dealkylation sites (tertiary alicyclic amines) is 1. The van der Waals surface area contributed by atoms with Crippen LogP contribution in [-0.4, -0.2) is 46.2 Å². The second-order valence-electron chi connectivity index (χ2n) is 4.47. The highest BCUT2D eigenvalue weighted by Gasteiger charge is 2.39. The molecule has 0 aromatic heterocycles. The molecule has 0 radical (unpaired) electrons. The van der Waals surface area contributed by atoms with Crippen molar-refractivity contribution in [3.8, 4) is 0 Å². The molecule has 3 atom stereocenters. The zero-order valence-corrected chi connectivity index (χ0v) is 9.72. The minimum absolute atomic E-state index is 0.0604. The zero-order chi connectivity index (χ0) is 12.3. The van der Waals surface area contributed by atoms with Crippen molar-refractivity contribution in [1.29, 1.82) is 0 Å². The van der Waals surface area contributed by atoms with Crippen LogP contribution in [0.15, 0.2) is 0 Å². The zero-order valence-electron chi connectivity index (χ0n) is 9.72. The predicted molar refractivity (Wildman–Crippen MR) is 57.8 cm³/mol. The number of nitrogens with zero attached hydrogens (tertiary/aromatic N) is 1. The first-order chi connectivity index (χ1) is 7.51. The lowest BCUT2D eigenvalue weighted by atomic mass is 9.98. The number of hydrogen-bond acceptors (Lipinski definition) is 3. The summed E-state index contributed by atoms with van der Waals surface area (Å²) in [6.45, 7) is 4.04. The van der Waals surface area contributed by atoms with Gasteiger partial charge in [0.1, 0.15) is 6.04 Å². The number of aliphatic hydroxyl groups is 1. The van der Waals surface area contributed by atoms with Gasteiger partial charge < -0.3 is 15.1 Å². The van der Waals surface area contributed by atoms with Gasteiger partial charge in [0.05, 0.1) is 0 Å². The lowest BCUT2D eigenvalue weighted by Gasteiger charge is -2.29. The van der Waals surface area contributed by atoms with Crippen molar-refractivity contribution in [3.05, 3.63) is 0 Å². The second kappa shape index (κ2) is 5.30. The van der Waals surface area contributed by atoms with E-state index in [1.54, 1.807) is 0 Å². The van der Waals surface area contributed by atoms with Gasteiger partial charge in [0.25, 0.3) is 0 Å². The van der Waals surface area contributed by atoms with Crippen LogP contribution in [0.5, 0.6) is 0 Å². The minimum Gasteiger partial charge on any atom is -0.480 e. The normalized spacial score (nSPS) is 24.6. The maximum Gasteiger partial charge on any atom is 0.326 e. The summed E-state index contributed by atoms with van der Waals surface area (Å²) < 4.78 is 0. The Morgan fingerprint density at radius 2 is 2.25 bits per heavy atom. The third kappa shape index (κ3) is 2.52. The Kier molecular flexibility index (Phi) is 4.29. The summed E-state index contributed by atoms with van der Waals surface area (Å²) in [5, 5.41) is 18.1. The van der Waals surface area contributed by atoms with Crippen LogP contribution in [0.1, 0.15) is 26.7 Å². The van der Waals surface area contributed by atoms with Crippen LogP contribution in [0, 0.1) is 11.8 Å². The van der Waals surface area contributed by atoms with Crippen molar-refractivity contribution in [2.75, 3.05) is 13.2 Å². The third-order valence-corrected chi connectivity index (χ3v) is 3.27. The molecule has 1 heterocycles. The molecular weight excluding hydrogens is 210 g/mol. The topological polar surface area (TPSA) is 77.8 Å². The number of rotatable bonds is 5. The summed E-state index contributed by atoms with van der Waals surface area (Å²) in [4.78, 5) is 24.2. The number of carboxylic acid groups (broad SMARTS) is 1. The van der Waals surface area contributed by atoms with E-state index in [4.69, 9.17) is 10.2 Å². The summed E-state index contributed by atoms with van der Waals surface area (Å²) in [5.41, 5.74) is 0. The molecule has 1 rings (SSSR count). The first kappa shape index (κ1) is 13.0. The van der Waals surface area contributed by atoms with Gasteiger partial charge in [-0.25, -0.2) is 4.79 Å². The number of carbonyl (C=O) groups excluding carboxylic acids is 1. The summed E-state index contributed by atoms with van der Waals surface area (Å²) in [6, 6.07) is -0.756. The Morgan fingerprint density at radius 1 is 1.62 bits per heavy atom. The Morgan fingerprint density at radius 3 is 2.62 bits per heavy atom.